The van der Waals surface area contributed by atoms with Crippen LogP contribution < -0.4 is 5.32 Å². The van der Waals surface area contributed by atoms with Crippen LogP contribution in [0.5, 0.6) is 0 Å². The molecule has 5 nitrogen and oxygen atoms in total. The topological polar surface area (TPSA) is 64.6 Å². The molecule has 1 aliphatic rings. The van der Waals surface area contributed by atoms with Gasteiger partial charge in [-0.15, -0.1) is 0 Å². The summed E-state index contributed by atoms with van der Waals surface area (Å²) in [6, 6.07) is 0. The van der Waals surface area contributed by atoms with E-state index in [0.29, 0.717) is 6.61 Å². The third-order valence-corrected chi connectivity index (χ3v) is 2.42. The van der Waals surface area contributed by atoms with Crippen LogP contribution in [0.25, 0.3) is 0 Å². The number of carbonyl (C=O) groups is 2. The number of ketones is 1. The summed E-state index contributed by atoms with van der Waals surface area (Å²) in [5.74, 6) is -0.0748. The van der Waals surface area contributed by atoms with Gasteiger partial charge in [0.1, 0.15) is 5.60 Å². The highest BCUT2D eigenvalue weighted by Gasteiger charge is 2.23. The maximum atomic E-state index is 11.7. The minimum Gasteiger partial charge on any atom is -0.444 e. The number of amides is 1. The minimum atomic E-state index is -0.553. The standard InChI is InChI=1S/C12H21NO4/c1-12(2,3)17-11(15)13-7-10(14)9-5-4-6-16-8-9/h9H,4-8H2,1-3H3,(H,13,15)/t9-/m1/s1. The number of rotatable bonds is 3. The summed E-state index contributed by atoms with van der Waals surface area (Å²) in [6.07, 6.45) is 1.19. The lowest BCUT2D eigenvalue weighted by atomic mass is 9.97. The van der Waals surface area contributed by atoms with Crippen LogP contribution in [0.2, 0.25) is 0 Å². The Kier molecular flexibility index (Phi) is 4.93. The van der Waals surface area contributed by atoms with E-state index in [0.717, 1.165) is 19.4 Å². The molecule has 17 heavy (non-hydrogen) atoms. The van der Waals surface area contributed by atoms with Crippen LogP contribution in [-0.2, 0) is 14.3 Å². The fourth-order valence-electron chi connectivity index (χ4n) is 1.61. The van der Waals surface area contributed by atoms with Gasteiger partial charge < -0.3 is 14.8 Å². The van der Waals surface area contributed by atoms with E-state index in [2.05, 4.69) is 5.32 Å². The third-order valence-electron chi connectivity index (χ3n) is 2.42. The second-order valence-corrected chi connectivity index (χ2v) is 5.24. The van der Waals surface area contributed by atoms with Gasteiger partial charge in [0.05, 0.1) is 13.2 Å². The largest absolute Gasteiger partial charge is 0.444 e. The van der Waals surface area contributed by atoms with Crippen LogP contribution in [0.15, 0.2) is 0 Å². The van der Waals surface area contributed by atoms with Crippen LogP contribution in [0.1, 0.15) is 33.6 Å². The van der Waals surface area contributed by atoms with Crippen molar-refractivity contribution in [3.8, 4) is 0 Å². The molecule has 0 aromatic heterocycles. The lowest BCUT2D eigenvalue weighted by molar-refractivity contribution is -0.125. The van der Waals surface area contributed by atoms with Gasteiger partial charge in [-0.3, -0.25) is 4.79 Å². The van der Waals surface area contributed by atoms with Gasteiger partial charge in [-0.05, 0) is 33.6 Å². The Morgan fingerprint density at radius 1 is 1.41 bits per heavy atom. The Labute approximate surface area is 102 Å². The van der Waals surface area contributed by atoms with Gasteiger partial charge in [-0.1, -0.05) is 0 Å². The van der Waals surface area contributed by atoms with E-state index in [1.54, 1.807) is 20.8 Å². The van der Waals surface area contributed by atoms with Gasteiger partial charge in [-0.25, -0.2) is 4.79 Å². The summed E-state index contributed by atoms with van der Waals surface area (Å²) in [5.41, 5.74) is -0.541. The second kappa shape index (κ2) is 6.00. The Morgan fingerprint density at radius 2 is 2.12 bits per heavy atom. The van der Waals surface area contributed by atoms with Gasteiger partial charge in [0.15, 0.2) is 5.78 Å². The van der Waals surface area contributed by atoms with E-state index in [4.69, 9.17) is 9.47 Å². The molecule has 1 amide bonds. The predicted molar refractivity (Wildman–Crippen MR) is 62.8 cm³/mol. The van der Waals surface area contributed by atoms with Crippen molar-refractivity contribution in [1.29, 1.82) is 0 Å². The summed E-state index contributed by atoms with van der Waals surface area (Å²) in [5, 5.41) is 2.47. The van der Waals surface area contributed by atoms with Crippen molar-refractivity contribution >= 4 is 11.9 Å². The zero-order chi connectivity index (χ0) is 12.9. The van der Waals surface area contributed by atoms with Crippen molar-refractivity contribution in [2.75, 3.05) is 19.8 Å². The number of ether oxygens (including phenoxy) is 2. The highest BCUT2D eigenvalue weighted by molar-refractivity contribution is 5.86. The van der Waals surface area contributed by atoms with E-state index in [9.17, 15) is 9.59 Å². The predicted octanol–water partition coefficient (Wildman–Crippen LogP) is 1.51. The highest BCUT2D eigenvalue weighted by atomic mass is 16.6. The van der Waals surface area contributed by atoms with Gasteiger partial charge >= 0.3 is 6.09 Å². The molecule has 1 atom stereocenters. The van der Waals surface area contributed by atoms with Crippen molar-refractivity contribution in [2.24, 2.45) is 5.92 Å². The fourth-order valence-corrected chi connectivity index (χ4v) is 1.61. The molecule has 1 fully saturated rings. The number of carbonyl (C=O) groups excluding carboxylic acids is 2. The molecular formula is C12H21NO4. The molecule has 98 valence electrons. The Balaban J connectivity index is 2.25. The Hall–Kier alpha value is -1.10. The molecule has 5 heteroatoms. The average Bonchev–Trinajstić information content (AvgIpc) is 2.25. The summed E-state index contributed by atoms with van der Waals surface area (Å²) in [7, 11) is 0. The fraction of sp³-hybridized carbons (Fsp3) is 0.833. The molecule has 0 spiro atoms. The van der Waals surface area contributed by atoms with E-state index < -0.39 is 11.7 Å². The average molecular weight is 243 g/mol. The zero-order valence-corrected chi connectivity index (χ0v) is 10.7. The van der Waals surface area contributed by atoms with Crippen LogP contribution in [0, 0.1) is 5.92 Å². The van der Waals surface area contributed by atoms with Gasteiger partial charge in [0, 0.05) is 12.5 Å². The molecule has 0 bridgehead atoms. The number of hydrogen-bond acceptors (Lipinski definition) is 4. The molecule has 1 rings (SSSR count). The Morgan fingerprint density at radius 3 is 2.65 bits per heavy atom. The SMILES string of the molecule is CC(C)(C)OC(=O)NCC(=O)[C@@H]1CCCOC1. The number of alkyl carbamates (subject to hydrolysis) is 1. The molecule has 0 aromatic rings. The van der Waals surface area contributed by atoms with Crippen LogP contribution in [-0.4, -0.2) is 37.2 Å². The first kappa shape index (κ1) is 14.0. The molecule has 1 heterocycles. The minimum absolute atomic E-state index is 0.00978. The molecule has 0 unspecified atom stereocenters. The molecular weight excluding hydrogens is 222 g/mol. The van der Waals surface area contributed by atoms with E-state index >= 15 is 0 Å². The lowest BCUT2D eigenvalue weighted by Crippen LogP contribution is -2.38. The number of Topliss-reactive ketones (excluding diaryl/α,β-unsaturated/α-hetero) is 1. The first-order valence-electron chi connectivity index (χ1n) is 5.96. The first-order chi connectivity index (χ1) is 7.88. The number of nitrogens with one attached hydrogen (secondary N) is 1. The van der Waals surface area contributed by atoms with Gasteiger partial charge in [-0.2, -0.15) is 0 Å². The molecule has 0 radical (unpaired) electrons. The second-order valence-electron chi connectivity index (χ2n) is 5.24. The van der Waals surface area contributed by atoms with Crippen molar-refractivity contribution in [3.63, 3.8) is 0 Å². The van der Waals surface area contributed by atoms with E-state index in [-0.39, 0.29) is 18.2 Å². The zero-order valence-electron chi connectivity index (χ0n) is 10.7. The van der Waals surface area contributed by atoms with Crippen molar-refractivity contribution in [3.05, 3.63) is 0 Å². The summed E-state index contributed by atoms with van der Waals surface area (Å²) in [6.45, 7) is 6.55. The maximum absolute atomic E-state index is 11.7. The molecule has 0 aromatic carbocycles. The molecule has 1 N–H and O–H groups in total. The monoisotopic (exact) mass is 243 g/mol. The van der Waals surface area contributed by atoms with Gasteiger partial charge in [0.25, 0.3) is 0 Å². The normalized spacial score (nSPS) is 20.8. The molecule has 0 saturated carbocycles. The van der Waals surface area contributed by atoms with Crippen molar-refractivity contribution in [1.82, 2.24) is 5.32 Å². The molecule has 1 saturated heterocycles. The lowest BCUT2D eigenvalue weighted by Gasteiger charge is -2.22. The Bertz CT molecular complexity index is 277. The maximum Gasteiger partial charge on any atom is 0.408 e. The van der Waals surface area contributed by atoms with E-state index in [1.807, 2.05) is 0 Å². The van der Waals surface area contributed by atoms with Crippen LogP contribution >= 0.6 is 0 Å². The molecule has 1 aliphatic heterocycles. The smallest absolute Gasteiger partial charge is 0.408 e. The highest BCUT2D eigenvalue weighted by Crippen LogP contribution is 2.14. The summed E-state index contributed by atoms with van der Waals surface area (Å²) in [4.78, 5) is 23.0. The van der Waals surface area contributed by atoms with Gasteiger partial charge in [0.2, 0.25) is 0 Å². The third kappa shape index (κ3) is 5.68. The van der Waals surface area contributed by atoms with Crippen molar-refractivity contribution < 1.29 is 19.1 Å². The van der Waals surface area contributed by atoms with Crippen LogP contribution in [0.3, 0.4) is 0 Å². The van der Waals surface area contributed by atoms with Crippen LogP contribution in [0.4, 0.5) is 4.79 Å². The first-order valence-corrected chi connectivity index (χ1v) is 5.96. The summed E-state index contributed by atoms with van der Waals surface area (Å²) < 4.78 is 10.3. The quantitative estimate of drug-likeness (QED) is 0.816. The summed E-state index contributed by atoms with van der Waals surface area (Å²) >= 11 is 0. The molecule has 0 aliphatic carbocycles. The number of hydrogen-bond donors (Lipinski definition) is 1. The van der Waals surface area contributed by atoms with Crippen molar-refractivity contribution in [2.45, 2.75) is 39.2 Å². The van der Waals surface area contributed by atoms with E-state index in [1.165, 1.54) is 0 Å².